The van der Waals surface area contributed by atoms with Gasteiger partial charge in [-0.25, -0.2) is 4.57 Å². The highest BCUT2D eigenvalue weighted by Gasteiger charge is 2.30. The number of ether oxygens (including phenoxy) is 1. The molecular weight excluding hydrogens is 904 g/mol. The summed E-state index contributed by atoms with van der Waals surface area (Å²) in [6, 6.07) is -0.872. The van der Waals surface area contributed by atoms with Gasteiger partial charge in [-0.15, -0.1) is 0 Å². The van der Waals surface area contributed by atoms with Crippen molar-refractivity contribution in [2.24, 2.45) is 0 Å². The van der Waals surface area contributed by atoms with Crippen molar-refractivity contribution in [2.45, 2.75) is 251 Å². The van der Waals surface area contributed by atoms with Gasteiger partial charge < -0.3 is 19.4 Å². The first kappa shape index (κ1) is 68.2. The number of phosphoric acid groups is 1. The van der Waals surface area contributed by atoms with E-state index in [9.17, 15) is 19.0 Å². The van der Waals surface area contributed by atoms with Crippen LogP contribution in [0.4, 0.5) is 0 Å². The van der Waals surface area contributed by atoms with Gasteiger partial charge >= 0.3 is 13.8 Å². The Morgan fingerprint density at radius 3 is 1.37 bits per heavy atom. The Morgan fingerprint density at radius 2 is 0.901 bits per heavy atom. The van der Waals surface area contributed by atoms with Crippen LogP contribution in [0.2, 0.25) is 0 Å². The fourth-order valence-corrected chi connectivity index (χ4v) is 8.62. The molecule has 0 saturated heterocycles. The SMILES string of the molecule is CC/C=C\C/C=C\C/C=C\C/C=C\C/C=C\C/C=C\CCCCC(=O)NC(COP(=O)(O)OCC[N+](C)(C)C)C(/C=C/CCCCCCCCCCCCC)OC(=O)CCCCCCCCCCCCC. The number of phosphoric ester groups is 1. The van der Waals surface area contributed by atoms with Crippen molar-refractivity contribution in [1.29, 1.82) is 0 Å². The van der Waals surface area contributed by atoms with E-state index in [4.69, 9.17) is 13.8 Å². The lowest BCUT2D eigenvalue weighted by Crippen LogP contribution is -2.47. The molecule has 0 aliphatic heterocycles. The van der Waals surface area contributed by atoms with E-state index >= 15 is 0 Å². The van der Waals surface area contributed by atoms with Crippen LogP contribution in [0.1, 0.15) is 239 Å². The molecule has 0 heterocycles. The van der Waals surface area contributed by atoms with Gasteiger partial charge in [-0.1, -0.05) is 228 Å². The van der Waals surface area contributed by atoms with Gasteiger partial charge in [0.05, 0.1) is 33.8 Å². The summed E-state index contributed by atoms with van der Waals surface area (Å²) in [6.07, 6.45) is 65.8. The topological polar surface area (TPSA) is 111 Å². The van der Waals surface area contributed by atoms with Crippen molar-refractivity contribution in [3.8, 4) is 0 Å². The normalized spacial score (nSPS) is 14.4. The van der Waals surface area contributed by atoms with Crippen LogP contribution in [0, 0.1) is 0 Å². The second kappa shape index (κ2) is 50.7. The van der Waals surface area contributed by atoms with Gasteiger partial charge in [0.25, 0.3) is 0 Å². The van der Waals surface area contributed by atoms with Gasteiger partial charge in [-0.05, 0) is 83.1 Å². The molecule has 9 nitrogen and oxygen atoms in total. The van der Waals surface area contributed by atoms with E-state index in [0.717, 1.165) is 89.9 Å². The lowest BCUT2D eigenvalue weighted by atomic mass is 10.0. The van der Waals surface area contributed by atoms with Crippen LogP contribution in [0.25, 0.3) is 0 Å². The number of unbranched alkanes of at least 4 members (excludes halogenated alkanes) is 23. The Hall–Kier alpha value is -2.81. The summed E-state index contributed by atoms with van der Waals surface area (Å²) in [6.45, 7) is 6.85. The minimum atomic E-state index is -4.46. The fourth-order valence-electron chi connectivity index (χ4n) is 7.88. The first-order chi connectivity index (χ1) is 34.4. The molecule has 3 atom stereocenters. The third-order valence-electron chi connectivity index (χ3n) is 12.3. The number of hydrogen-bond donors (Lipinski definition) is 2. The Bertz CT molecular complexity index is 1490. The number of nitrogens with one attached hydrogen (secondary N) is 1. The number of hydrogen-bond acceptors (Lipinski definition) is 6. The number of quaternary nitrogens is 1. The molecule has 0 radical (unpaired) electrons. The van der Waals surface area contributed by atoms with Gasteiger partial charge in [0.15, 0.2) is 0 Å². The number of allylic oxidation sites excluding steroid dienone is 13. The van der Waals surface area contributed by atoms with E-state index in [1.54, 1.807) is 0 Å². The quantitative estimate of drug-likeness (QED) is 0.0205. The van der Waals surface area contributed by atoms with Crippen molar-refractivity contribution >= 4 is 19.7 Å². The number of amides is 1. The van der Waals surface area contributed by atoms with Crippen molar-refractivity contribution < 1.29 is 37.3 Å². The van der Waals surface area contributed by atoms with Gasteiger partial charge in [0.1, 0.15) is 19.3 Å². The van der Waals surface area contributed by atoms with Crippen LogP contribution in [0.15, 0.2) is 85.1 Å². The van der Waals surface area contributed by atoms with E-state index in [0.29, 0.717) is 17.4 Å². The minimum Gasteiger partial charge on any atom is -0.456 e. The van der Waals surface area contributed by atoms with E-state index in [-0.39, 0.29) is 37.9 Å². The smallest absolute Gasteiger partial charge is 0.456 e. The maximum atomic E-state index is 13.5. The van der Waals surface area contributed by atoms with E-state index < -0.39 is 20.0 Å². The van der Waals surface area contributed by atoms with Crippen LogP contribution >= 0.6 is 7.82 Å². The van der Waals surface area contributed by atoms with Crippen LogP contribution < -0.4 is 5.32 Å². The summed E-state index contributed by atoms with van der Waals surface area (Å²) >= 11 is 0. The Balaban J connectivity index is 5.39. The second-order valence-corrected chi connectivity index (χ2v) is 21.9. The lowest BCUT2D eigenvalue weighted by Gasteiger charge is -2.27. The molecule has 0 spiro atoms. The van der Waals surface area contributed by atoms with E-state index in [1.807, 2.05) is 33.3 Å². The third kappa shape index (κ3) is 51.9. The molecular formula is C61H110N2O7P+. The van der Waals surface area contributed by atoms with Crippen LogP contribution in [-0.4, -0.2) is 74.3 Å². The minimum absolute atomic E-state index is 0.0291. The number of carbonyl (C=O) groups is 2. The zero-order chi connectivity index (χ0) is 52.2. The largest absolute Gasteiger partial charge is 0.472 e. The predicted molar refractivity (Wildman–Crippen MR) is 304 cm³/mol. The fraction of sp³-hybridized carbons (Fsp3) is 0.738. The number of esters is 1. The van der Waals surface area contributed by atoms with E-state index in [2.05, 4.69) is 99.0 Å². The molecule has 0 fully saturated rings. The molecule has 1 amide bonds. The van der Waals surface area contributed by atoms with Gasteiger partial charge in [-0.2, -0.15) is 0 Å². The summed E-state index contributed by atoms with van der Waals surface area (Å²) in [7, 11) is 1.46. The standard InChI is InChI=1S/C61H109N2O7P/c1-7-10-13-16-19-22-25-27-28-29-30-31-32-33-34-36-39-41-44-47-50-53-60(64)62-58(57-69-71(66,67)68-56-55-63(4,5)6)59(52-49-46-43-40-38-35-26-23-20-17-14-11-8-2)70-61(65)54-51-48-45-42-37-24-21-18-15-12-9-3/h10,13,19,22,27-28,30-31,33-34,39,41,49,52,58-59H,7-9,11-12,14-18,20-21,23-26,29,32,35-38,40,42-48,50-51,53-57H2,1-6H3,(H-,62,64,66,67)/p+1/b13-10-,22-19-,28-27-,31-30-,34-33-,41-39-,52-49+. The molecule has 410 valence electrons. The highest BCUT2D eigenvalue weighted by atomic mass is 31.2. The molecule has 0 saturated carbocycles. The van der Waals surface area contributed by atoms with E-state index in [1.165, 1.54) is 109 Å². The monoisotopic (exact) mass is 1010 g/mol. The Kier molecular flexibility index (Phi) is 48.7. The lowest BCUT2D eigenvalue weighted by molar-refractivity contribution is -0.870. The highest BCUT2D eigenvalue weighted by molar-refractivity contribution is 7.47. The van der Waals surface area contributed by atoms with Crippen molar-refractivity contribution in [3.05, 3.63) is 85.1 Å². The number of carbonyl (C=O) groups excluding carboxylic acids is 2. The summed E-state index contributed by atoms with van der Waals surface area (Å²) in [4.78, 5) is 37.5. The predicted octanol–water partition coefficient (Wildman–Crippen LogP) is 17.4. The molecule has 2 N–H and O–H groups in total. The van der Waals surface area contributed by atoms with Crippen LogP contribution in [0.5, 0.6) is 0 Å². The molecule has 71 heavy (non-hydrogen) atoms. The highest BCUT2D eigenvalue weighted by Crippen LogP contribution is 2.43. The molecule has 0 aromatic carbocycles. The zero-order valence-corrected chi connectivity index (χ0v) is 47.6. The molecule has 0 rings (SSSR count). The van der Waals surface area contributed by atoms with Gasteiger partial charge in [0, 0.05) is 12.8 Å². The first-order valence-electron chi connectivity index (χ1n) is 28.9. The molecule has 0 aromatic heterocycles. The van der Waals surface area contributed by atoms with Crippen molar-refractivity contribution in [2.75, 3.05) is 40.9 Å². The zero-order valence-electron chi connectivity index (χ0n) is 46.7. The van der Waals surface area contributed by atoms with Crippen LogP contribution in [-0.2, 0) is 27.9 Å². The average molecular weight is 1010 g/mol. The number of likely N-dealkylation sites (N-methyl/N-ethyl adjacent to an activating group) is 1. The summed E-state index contributed by atoms with van der Waals surface area (Å²) in [5.74, 6) is -0.558. The van der Waals surface area contributed by atoms with Crippen LogP contribution in [0.3, 0.4) is 0 Å². The van der Waals surface area contributed by atoms with Gasteiger partial charge in [-0.3, -0.25) is 18.6 Å². The number of nitrogens with zero attached hydrogens (tertiary/aromatic N) is 1. The van der Waals surface area contributed by atoms with Gasteiger partial charge in [0.2, 0.25) is 5.91 Å². The maximum Gasteiger partial charge on any atom is 0.472 e. The Labute approximate surface area is 437 Å². The first-order valence-corrected chi connectivity index (χ1v) is 30.4. The summed E-state index contributed by atoms with van der Waals surface area (Å²) in [5, 5.41) is 3.02. The average Bonchev–Trinajstić information content (AvgIpc) is 3.33. The summed E-state index contributed by atoms with van der Waals surface area (Å²) < 4.78 is 30.6. The maximum absolute atomic E-state index is 13.5. The Morgan fingerprint density at radius 1 is 0.507 bits per heavy atom. The second-order valence-electron chi connectivity index (χ2n) is 20.4. The third-order valence-corrected chi connectivity index (χ3v) is 13.3. The molecule has 10 heteroatoms. The molecule has 0 bridgehead atoms. The summed E-state index contributed by atoms with van der Waals surface area (Å²) in [5.41, 5.74) is 0. The molecule has 0 aliphatic carbocycles. The molecule has 0 aliphatic rings. The molecule has 3 unspecified atom stereocenters. The van der Waals surface area contributed by atoms with Crippen molar-refractivity contribution in [1.82, 2.24) is 5.32 Å². The van der Waals surface area contributed by atoms with Crippen molar-refractivity contribution in [3.63, 3.8) is 0 Å². The number of rotatable bonds is 51. The molecule has 0 aromatic rings.